The average molecular weight is 338 g/mol. The predicted octanol–water partition coefficient (Wildman–Crippen LogP) is 3.68. The predicted molar refractivity (Wildman–Crippen MR) is 86.0 cm³/mol. The Hall–Kier alpha value is -0.260. The van der Waals surface area contributed by atoms with Crippen LogP contribution in [-0.4, -0.2) is 23.1 Å². The van der Waals surface area contributed by atoms with Gasteiger partial charge in [-0.2, -0.15) is 4.98 Å². The first-order valence-electron chi connectivity index (χ1n) is 6.44. The molecule has 0 bridgehead atoms. The van der Waals surface area contributed by atoms with E-state index in [0.717, 1.165) is 0 Å². The van der Waals surface area contributed by atoms with Crippen LogP contribution in [0.2, 0.25) is 5.15 Å². The topological polar surface area (TPSA) is 56.3 Å². The number of hydrogen-bond donors (Lipinski definition) is 1. The fourth-order valence-corrected chi connectivity index (χ4v) is 3.75. The summed E-state index contributed by atoms with van der Waals surface area (Å²) in [6, 6.07) is 1.55. The molecule has 1 aromatic heterocycles. The van der Waals surface area contributed by atoms with Crippen LogP contribution in [0.5, 0.6) is 5.88 Å². The van der Waals surface area contributed by atoms with Crippen molar-refractivity contribution in [1.82, 2.24) is 15.1 Å². The number of halogens is 1. The number of nitrogens with one attached hydrogen (secondary N) is 1. The molecule has 1 N–H and O–H groups in total. The molecule has 114 valence electrons. The van der Waals surface area contributed by atoms with E-state index in [1.54, 1.807) is 6.07 Å². The normalized spacial score (nSPS) is 14.9. The molecule has 5 nitrogen and oxygen atoms in total. The largest absolute Gasteiger partial charge is 0.414 e. The van der Waals surface area contributed by atoms with Crippen LogP contribution in [0.15, 0.2) is 6.07 Å². The Morgan fingerprint density at radius 2 is 2.00 bits per heavy atom. The molecule has 0 amide bonds. The van der Waals surface area contributed by atoms with Crippen molar-refractivity contribution in [2.24, 2.45) is 0 Å². The highest BCUT2D eigenvalue weighted by Crippen LogP contribution is 2.44. The Morgan fingerprint density at radius 3 is 2.50 bits per heavy atom. The van der Waals surface area contributed by atoms with Gasteiger partial charge in [-0.05, 0) is 18.7 Å². The van der Waals surface area contributed by atoms with E-state index in [-0.39, 0.29) is 5.41 Å². The molecule has 20 heavy (non-hydrogen) atoms. The second kappa shape index (κ2) is 7.14. The third-order valence-corrected chi connectivity index (χ3v) is 5.06. The number of aromatic nitrogens is 2. The van der Waals surface area contributed by atoms with Gasteiger partial charge in [-0.15, -0.1) is 0 Å². The van der Waals surface area contributed by atoms with Crippen LogP contribution in [0, 0.1) is 0 Å². The van der Waals surface area contributed by atoms with E-state index >= 15 is 0 Å². The highest BCUT2D eigenvalue weighted by atomic mass is 35.5. The van der Waals surface area contributed by atoms with Gasteiger partial charge in [0.15, 0.2) is 0 Å². The fraction of sp³-hybridized carbons (Fsp3) is 0.667. The quantitative estimate of drug-likeness (QED) is 0.631. The van der Waals surface area contributed by atoms with E-state index in [4.69, 9.17) is 32.5 Å². The molecule has 8 heteroatoms. The zero-order chi connectivity index (χ0) is 15.4. The number of rotatable bonds is 6. The van der Waals surface area contributed by atoms with Crippen LogP contribution in [0.3, 0.4) is 0 Å². The van der Waals surface area contributed by atoms with Gasteiger partial charge < -0.3 is 9.05 Å². The van der Waals surface area contributed by atoms with Gasteiger partial charge in [-0.1, -0.05) is 39.3 Å². The van der Waals surface area contributed by atoms with Crippen molar-refractivity contribution >= 4 is 30.1 Å². The van der Waals surface area contributed by atoms with Gasteiger partial charge in [0.05, 0.1) is 6.61 Å². The van der Waals surface area contributed by atoms with Crippen LogP contribution in [0.25, 0.3) is 0 Å². The minimum absolute atomic E-state index is 0.227. The lowest BCUT2D eigenvalue weighted by atomic mass is 9.96. The summed E-state index contributed by atoms with van der Waals surface area (Å²) in [5.41, 5.74) is -0.227. The molecular formula is C12H21ClN3O2PS. The van der Waals surface area contributed by atoms with E-state index in [1.807, 2.05) is 34.6 Å². The molecule has 1 rings (SSSR count). The first kappa shape index (κ1) is 17.8. The second-order valence-electron chi connectivity index (χ2n) is 5.12. The van der Waals surface area contributed by atoms with Crippen molar-refractivity contribution in [2.75, 3.05) is 13.2 Å². The van der Waals surface area contributed by atoms with Gasteiger partial charge in [0.1, 0.15) is 11.0 Å². The van der Waals surface area contributed by atoms with Crippen LogP contribution in [-0.2, 0) is 21.7 Å². The third-order valence-electron chi connectivity index (χ3n) is 2.21. The minimum Gasteiger partial charge on any atom is -0.414 e. The van der Waals surface area contributed by atoms with E-state index in [9.17, 15) is 0 Å². The molecule has 0 aliphatic rings. The van der Waals surface area contributed by atoms with Gasteiger partial charge in [-0.3, -0.25) is 0 Å². The molecule has 0 aliphatic carbocycles. The maximum atomic E-state index is 6.03. The summed E-state index contributed by atoms with van der Waals surface area (Å²) in [4.78, 5) is 8.60. The highest BCUT2D eigenvalue weighted by Gasteiger charge is 2.23. The maximum Gasteiger partial charge on any atom is 0.314 e. The summed E-state index contributed by atoms with van der Waals surface area (Å²) in [7, 11) is 0. The summed E-state index contributed by atoms with van der Waals surface area (Å²) in [6.07, 6.45) is 0. The molecular weight excluding hydrogens is 317 g/mol. The van der Waals surface area contributed by atoms with Crippen molar-refractivity contribution in [3.8, 4) is 5.88 Å². The molecule has 1 unspecified atom stereocenters. The van der Waals surface area contributed by atoms with Crippen LogP contribution >= 0.6 is 18.2 Å². The van der Waals surface area contributed by atoms with E-state index in [1.165, 1.54) is 0 Å². The summed E-state index contributed by atoms with van der Waals surface area (Å²) >= 11 is 11.4. The van der Waals surface area contributed by atoms with Crippen LogP contribution in [0.1, 0.15) is 40.4 Å². The molecule has 0 fully saturated rings. The molecule has 0 saturated heterocycles. The van der Waals surface area contributed by atoms with Crippen LogP contribution in [0.4, 0.5) is 0 Å². The Balaban J connectivity index is 3.07. The van der Waals surface area contributed by atoms with Gasteiger partial charge in [0.25, 0.3) is 0 Å². The monoisotopic (exact) mass is 337 g/mol. The highest BCUT2D eigenvalue weighted by molar-refractivity contribution is 8.09. The van der Waals surface area contributed by atoms with Crippen molar-refractivity contribution in [3.05, 3.63) is 17.0 Å². The van der Waals surface area contributed by atoms with Crippen molar-refractivity contribution in [1.29, 1.82) is 0 Å². The summed E-state index contributed by atoms with van der Waals surface area (Å²) in [5, 5.41) is 3.39. The molecule has 0 aliphatic heterocycles. The van der Waals surface area contributed by atoms with Crippen molar-refractivity contribution in [3.63, 3.8) is 0 Å². The van der Waals surface area contributed by atoms with Crippen LogP contribution < -0.4 is 9.61 Å². The molecule has 1 aromatic rings. The molecule has 0 aromatic carbocycles. The van der Waals surface area contributed by atoms with E-state index in [0.29, 0.717) is 30.0 Å². The molecule has 0 spiro atoms. The Labute approximate surface area is 130 Å². The number of nitrogens with zero attached hydrogens (tertiary/aromatic N) is 2. The minimum atomic E-state index is -2.60. The molecule has 1 heterocycles. The summed E-state index contributed by atoms with van der Waals surface area (Å²) < 4.78 is 11.3. The zero-order valence-electron chi connectivity index (χ0n) is 12.4. The Bertz CT molecular complexity index is 498. The van der Waals surface area contributed by atoms with E-state index in [2.05, 4.69) is 15.1 Å². The van der Waals surface area contributed by atoms with Crippen molar-refractivity contribution in [2.45, 2.75) is 40.0 Å². The molecule has 1 atom stereocenters. The van der Waals surface area contributed by atoms with Gasteiger partial charge in [-0.25, -0.2) is 10.1 Å². The van der Waals surface area contributed by atoms with Gasteiger partial charge in [0, 0.05) is 18.0 Å². The zero-order valence-corrected chi connectivity index (χ0v) is 14.9. The van der Waals surface area contributed by atoms with Crippen molar-refractivity contribution < 1.29 is 9.05 Å². The SMILES string of the molecule is CCNP(=S)(OCC)Oc1cc(Cl)nc(C(C)(C)C)n1. The summed E-state index contributed by atoms with van der Waals surface area (Å²) in [6.45, 7) is 8.35. The molecule has 0 saturated carbocycles. The first-order chi connectivity index (χ1) is 9.20. The maximum absolute atomic E-state index is 6.03. The molecule has 0 radical (unpaired) electrons. The van der Waals surface area contributed by atoms with Gasteiger partial charge >= 0.3 is 6.64 Å². The second-order valence-corrected chi connectivity index (χ2v) is 8.70. The average Bonchev–Trinajstić information content (AvgIpc) is 2.26. The lowest BCUT2D eigenvalue weighted by molar-refractivity contribution is 0.319. The first-order valence-corrected chi connectivity index (χ1v) is 9.46. The lowest BCUT2D eigenvalue weighted by Crippen LogP contribution is -2.19. The standard InChI is InChI=1S/C12H21ClN3O2PS/c1-6-14-19(20,17-7-2)18-10-8-9(13)15-11(16-10)12(3,4)5/h8H,6-7H2,1-5H3,(H,14,20). The fourth-order valence-electron chi connectivity index (χ4n) is 1.37. The Kier molecular flexibility index (Phi) is 6.35. The Morgan fingerprint density at radius 1 is 1.35 bits per heavy atom. The summed E-state index contributed by atoms with van der Waals surface area (Å²) in [5.74, 6) is 0.946. The van der Waals surface area contributed by atoms with Gasteiger partial charge in [0.2, 0.25) is 5.88 Å². The lowest BCUT2D eigenvalue weighted by Gasteiger charge is -2.23. The van der Waals surface area contributed by atoms with E-state index < -0.39 is 6.64 Å². The number of hydrogen-bond acceptors (Lipinski definition) is 5. The third kappa shape index (κ3) is 5.26. The smallest absolute Gasteiger partial charge is 0.314 e.